The third kappa shape index (κ3) is 3.62. The Morgan fingerprint density at radius 2 is 1.80 bits per heavy atom. The zero-order chi connectivity index (χ0) is 14.8. The van der Waals surface area contributed by atoms with Crippen LogP contribution in [0.15, 0.2) is 45.5 Å². The number of phenols is 1. The molecule has 0 radical (unpaired) electrons. The summed E-state index contributed by atoms with van der Waals surface area (Å²) in [5.41, 5.74) is 2.48. The number of benzene rings is 1. The van der Waals surface area contributed by atoms with Crippen molar-refractivity contribution in [2.75, 3.05) is 0 Å². The molecule has 0 saturated carbocycles. The van der Waals surface area contributed by atoms with Crippen LogP contribution in [0.2, 0.25) is 0 Å². The second kappa shape index (κ2) is 5.99. The predicted molar refractivity (Wildman–Crippen MR) is 86.0 cm³/mol. The van der Waals surface area contributed by atoms with Crippen molar-refractivity contribution in [1.29, 1.82) is 0 Å². The molecule has 0 amide bonds. The number of rotatable bonds is 3. The number of nitrogens with zero attached hydrogens (tertiary/aromatic N) is 1. The van der Waals surface area contributed by atoms with Gasteiger partial charge in [-0.1, -0.05) is 4.40 Å². The van der Waals surface area contributed by atoms with Gasteiger partial charge in [0.1, 0.15) is 27.6 Å². The lowest BCUT2D eigenvalue weighted by Crippen LogP contribution is -2.27. The lowest BCUT2D eigenvalue weighted by Gasteiger charge is -2.19. The summed E-state index contributed by atoms with van der Waals surface area (Å²) in [6, 6.07) is 8.74. The highest BCUT2D eigenvalue weighted by Gasteiger charge is 2.28. The quantitative estimate of drug-likeness (QED) is 0.693. The Morgan fingerprint density at radius 1 is 1.15 bits per heavy atom. The van der Waals surface area contributed by atoms with Gasteiger partial charge in [-0.2, -0.15) is 11.3 Å². The first-order valence-corrected chi connectivity index (χ1v) is 8.25. The molecule has 0 fully saturated rings. The van der Waals surface area contributed by atoms with E-state index >= 15 is 0 Å². The number of phenolic OH excluding ortho intramolecular Hbond substituents is 1. The summed E-state index contributed by atoms with van der Waals surface area (Å²) in [6.07, 6.45) is 0. The van der Waals surface area contributed by atoms with Gasteiger partial charge in [-0.3, -0.25) is 0 Å². The molecule has 1 heterocycles. The maximum Gasteiger partial charge on any atom is 0.144 e. The molecule has 1 aromatic carbocycles. The van der Waals surface area contributed by atoms with Crippen molar-refractivity contribution in [3.8, 4) is 5.75 Å². The predicted octanol–water partition coefficient (Wildman–Crippen LogP) is 3.75. The molecule has 0 spiro atoms. The third-order valence-corrected chi connectivity index (χ3v) is 4.71. The zero-order valence-corrected chi connectivity index (χ0v) is 13.3. The van der Waals surface area contributed by atoms with Crippen molar-refractivity contribution >= 4 is 28.4 Å². The normalized spacial score (nSPS) is 14.3. The summed E-state index contributed by atoms with van der Waals surface area (Å²) in [6.45, 7) is 5.69. The molecule has 1 unspecified atom stereocenters. The number of aromatic hydroxyl groups is 1. The first kappa shape index (κ1) is 15.1. The maximum absolute atomic E-state index is 12.3. The Kier molecular flexibility index (Phi) is 4.52. The Morgan fingerprint density at radius 3 is 2.30 bits per heavy atom. The molecule has 1 aromatic heterocycles. The maximum atomic E-state index is 12.3. The number of hydrogen-bond acceptors (Lipinski definition) is 4. The molecule has 3 nitrogen and oxygen atoms in total. The highest BCUT2D eigenvalue weighted by molar-refractivity contribution is 7.91. The summed E-state index contributed by atoms with van der Waals surface area (Å²) in [5, 5.41) is 13.3. The molecule has 0 aliphatic rings. The first-order valence-electron chi connectivity index (χ1n) is 6.20. The van der Waals surface area contributed by atoms with Crippen molar-refractivity contribution in [3.63, 3.8) is 0 Å². The van der Waals surface area contributed by atoms with E-state index < -0.39 is 16.1 Å². The van der Waals surface area contributed by atoms with Crippen LogP contribution in [0.25, 0.3) is 0 Å². The van der Waals surface area contributed by atoms with Gasteiger partial charge in [0.05, 0.1) is 0 Å². The first-order chi connectivity index (χ1) is 9.38. The van der Waals surface area contributed by atoms with Crippen LogP contribution in [-0.2, 0) is 11.4 Å². The monoisotopic (exact) mass is 307 g/mol. The Bertz CT molecular complexity index is 583. The van der Waals surface area contributed by atoms with Crippen molar-refractivity contribution in [3.05, 3.63) is 52.2 Å². The summed E-state index contributed by atoms with van der Waals surface area (Å²) in [7, 11) is 0. The summed E-state index contributed by atoms with van der Waals surface area (Å²) in [4.78, 5) is 0. The Balaban J connectivity index is 2.46. The van der Waals surface area contributed by atoms with E-state index in [4.69, 9.17) is 0 Å². The second-order valence-electron chi connectivity index (χ2n) is 5.36. The van der Waals surface area contributed by atoms with E-state index in [0.717, 1.165) is 11.1 Å². The molecule has 0 saturated heterocycles. The fourth-order valence-electron chi connectivity index (χ4n) is 1.51. The van der Waals surface area contributed by atoms with Crippen LogP contribution in [-0.4, -0.2) is 20.1 Å². The lowest BCUT2D eigenvalue weighted by atomic mass is 10.1. The van der Waals surface area contributed by atoms with Crippen LogP contribution < -0.4 is 0 Å². The van der Waals surface area contributed by atoms with Crippen molar-refractivity contribution in [2.45, 2.75) is 25.5 Å². The van der Waals surface area contributed by atoms with E-state index in [-0.39, 0.29) is 5.75 Å². The van der Waals surface area contributed by atoms with Gasteiger partial charge in [0.15, 0.2) is 0 Å². The second-order valence-corrected chi connectivity index (χ2v) is 8.05. The summed E-state index contributed by atoms with van der Waals surface area (Å²) < 4.78 is 16.3. The van der Waals surface area contributed by atoms with Gasteiger partial charge < -0.3 is 9.66 Å². The standard InChI is InChI=1S/C15H17NO2S2/c1-15(2,3)20(18)16-14(12-8-9-19-10-12)11-4-6-13(17)7-5-11/h4-10,17H,1-3H3/b16-14-. The van der Waals surface area contributed by atoms with Crippen LogP contribution >= 0.6 is 11.3 Å². The van der Waals surface area contributed by atoms with Crippen LogP contribution in [0.5, 0.6) is 5.75 Å². The average Bonchev–Trinajstić information content (AvgIpc) is 2.89. The lowest BCUT2D eigenvalue weighted by molar-refractivity contribution is 0.475. The van der Waals surface area contributed by atoms with Crippen molar-refractivity contribution in [1.82, 2.24) is 0 Å². The largest absolute Gasteiger partial charge is 0.591 e. The number of hydrogen-bond donors (Lipinski definition) is 1. The smallest absolute Gasteiger partial charge is 0.144 e. The van der Waals surface area contributed by atoms with Gasteiger partial charge in [-0.15, -0.1) is 0 Å². The average molecular weight is 307 g/mol. The molecule has 2 rings (SSSR count). The minimum Gasteiger partial charge on any atom is -0.591 e. The molecule has 5 heteroatoms. The molecule has 0 bridgehead atoms. The molecular weight excluding hydrogens is 290 g/mol. The Labute approximate surface area is 126 Å². The fraction of sp³-hybridized carbons (Fsp3) is 0.267. The van der Waals surface area contributed by atoms with E-state index in [9.17, 15) is 9.66 Å². The van der Waals surface area contributed by atoms with Crippen molar-refractivity contribution < 1.29 is 9.66 Å². The fourth-order valence-corrected chi connectivity index (χ4v) is 2.80. The van der Waals surface area contributed by atoms with Crippen LogP contribution in [0.4, 0.5) is 0 Å². The molecule has 0 aliphatic carbocycles. The van der Waals surface area contributed by atoms with Crippen LogP contribution in [0.1, 0.15) is 31.9 Å². The van der Waals surface area contributed by atoms with Gasteiger partial charge >= 0.3 is 0 Å². The third-order valence-electron chi connectivity index (χ3n) is 2.63. The van der Waals surface area contributed by atoms with E-state index in [1.165, 1.54) is 0 Å². The minimum atomic E-state index is -1.33. The van der Waals surface area contributed by atoms with Gasteiger partial charge in [0, 0.05) is 16.5 Å². The van der Waals surface area contributed by atoms with Gasteiger partial charge in [-0.25, -0.2) is 0 Å². The highest BCUT2D eigenvalue weighted by atomic mass is 32.2. The molecule has 20 heavy (non-hydrogen) atoms. The van der Waals surface area contributed by atoms with E-state index in [2.05, 4.69) is 4.40 Å². The Hall–Kier alpha value is -1.30. The highest BCUT2D eigenvalue weighted by Crippen LogP contribution is 2.22. The molecule has 2 aromatic rings. The van der Waals surface area contributed by atoms with Gasteiger partial charge in [0.25, 0.3) is 0 Å². The summed E-state index contributed by atoms with van der Waals surface area (Å²) in [5.74, 6) is 0.204. The van der Waals surface area contributed by atoms with Crippen LogP contribution in [0.3, 0.4) is 0 Å². The topological polar surface area (TPSA) is 55.7 Å². The molecule has 1 atom stereocenters. The molecule has 1 N–H and O–H groups in total. The number of thiophene rings is 1. The van der Waals surface area contributed by atoms with Crippen molar-refractivity contribution in [2.24, 2.45) is 4.40 Å². The van der Waals surface area contributed by atoms with Gasteiger partial charge in [0.2, 0.25) is 0 Å². The SMILES string of the molecule is CC(C)(C)[S+]([O-])/N=C(/c1ccc(O)cc1)c1ccsc1. The van der Waals surface area contributed by atoms with E-state index in [1.807, 2.05) is 37.6 Å². The summed E-state index contributed by atoms with van der Waals surface area (Å²) >= 11 is 0.243. The molecule has 0 aliphatic heterocycles. The molecule has 106 valence electrons. The zero-order valence-electron chi connectivity index (χ0n) is 11.7. The van der Waals surface area contributed by atoms with Crippen LogP contribution in [0, 0.1) is 0 Å². The van der Waals surface area contributed by atoms with E-state index in [0.29, 0.717) is 5.71 Å². The van der Waals surface area contributed by atoms with Gasteiger partial charge in [-0.05, 0) is 56.5 Å². The van der Waals surface area contributed by atoms with E-state index in [1.54, 1.807) is 35.6 Å². The molecular formula is C15H17NO2S2. The minimum absolute atomic E-state index is 0.204.